The summed E-state index contributed by atoms with van der Waals surface area (Å²) < 4.78 is 26.3. The maximum absolute atomic E-state index is 12.3. The number of hydrogen-bond acceptors (Lipinski definition) is 4. The van der Waals surface area contributed by atoms with Crippen molar-refractivity contribution in [1.29, 1.82) is 0 Å². The quantitative estimate of drug-likeness (QED) is 0.885. The van der Waals surface area contributed by atoms with Crippen molar-refractivity contribution in [3.63, 3.8) is 0 Å². The van der Waals surface area contributed by atoms with Crippen molar-refractivity contribution < 1.29 is 8.42 Å². The highest BCUT2D eigenvalue weighted by molar-refractivity contribution is 7.89. The van der Waals surface area contributed by atoms with E-state index in [-0.39, 0.29) is 17.8 Å². The first-order chi connectivity index (χ1) is 8.99. The van der Waals surface area contributed by atoms with Gasteiger partial charge in [-0.15, -0.1) is 0 Å². The van der Waals surface area contributed by atoms with E-state index in [0.29, 0.717) is 13.0 Å². The van der Waals surface area contributed by atoms with Crippen LogP contribution in [0.3, 0.4) is 0 Å². The number of aryl methyl sites for hydroxylation is 1. The third-order valence-corrected chi connectivity index (χ3v) is 5.53. The van der Waals surface area contributed by atoms with Crippen LogP contribution in [0.5, 0.6) is 0 Å². The Balaban J connectivity index is 1.98. The molecule has 6 heteroatoms. The summed E-state index contributed by atoms with van der Waals surface area (Å²) in [7, 11) is -3.22. The SMILES string of the molecule is CC1CC(N)CCN1S(=O)(=O)CCc1ccccn1. The highest BCUT2D eigenvalue weighted by atomic mass is 32.2. The highest BCUT2D eigenvalue weighted by Gasteiger charge is 2.31. The molecule has 2 heterocycles. The van der Waals surface area contributed by atoms with Crippen LogP contribution in [0.4, 0.5) is 0 Å². The number of aromatic nitrogens is 1. The maximum Gasteiger partial charge on any atom is 0.214 e. The molecule has 19 heavy (non-hydrogen) atoms. The Morgan fingerprint density at radius 3 is 2.89 bits per heavy atom. The van der Waals surface area contributed by atoms with E-state index in [1.165, 1.54) is 0 Å². The summed E-state index contributed by atoms with van der Waals surface area (Å²) in [5, 5.41) is 0. The van der Waals surface area contributed by atoms with Gasteiger partial charge in [-0.2, -0.15) is 4.31 Å². The Hall–Kier alpha value is -0.980. The fourth-order valence-corrected chi connectivity index (χ4v) is 4.22. The van der Waals surface area contributed by atoms with Crippen LogP contribution in [-0.4, -0.2) is 42.1 Å². The second-order valence-electron chi connectivity index (χ2n) is 5.13. The van der Waals surface area contributed by atoms with Crippen LogP contribution >= 0.6 is 0 Å². The molecule has 1 aliphatic heterocycles. The highest BCUT2D eigenvalue weighted by Crippen LogP contribution is 2.20. The van der Waals surface area contributed by atoms with Gasteiger partial charge in [0, 0.05) is 36.9 Å². The molecule has 2 atom stereocenters. The zero-order chi connectivity index (χ0) is 13.9. The van der Waals surface area contributed by atoms with E-state index in [9.17, 15) is 8.42 Å². The molecule has 1 fully saturated rings. The molecule has 0 radical (unpaired) electrons. The van der Waals surface area contributed by atoms with E-state index in [0.717, 1.165) is 18.5 Å². The van der Waals surface area contributed by atoms with Crippen molar-refractivity contribution in [2.75, 3.05) is 12.3 Å². The standard InChI is InChI=1S/C13H21N3O2S/c1-11-10-12(14)5-8-16(11)19(17,18)9-6-13-4-2-3-7-15-13/h2-4,7,11-12H,5-6,8-10,14H2,1H3. The number of rotatable bonds is 4. The Bertz CT molecular complexity index is 504. The van der Waals surface area contributed by atoms with E-state index >= 15 is 0 Å². The van der Waals surface area contributed by atoms with E-state index in [4.69, 9.17) is 5.73 Å². The molecule has 106 valence electrons. The minimum Gasteiger partial charge on any atom is -0.328 e. The largest absolute Gasteiger partial charge is 0.328 e. The predicted octanol–water partition coefficient (Wildman–Crippen LogP) is 0.765. The molecule has 0 spiro atoms. The van der Waals surface area contributed by atoms with E-state index < -0.39 is 10.0 Å². The van der Waals surface area contributed by atoms with Crippen LogP contribution in [-0.2, 0) is 16.4 Å². The van der Waals surface area contributed by atoms with Crippen molar-refractivity contribution in [2.45, 2.75) is 38.3 Å². The van der Waals surface area contributed by atoms with Gasteiger partial charge in [-0.1, -0.05) is 6.07 Å². The molecular weight excluding hydrogens is 262 g/mol. The minimum absolute atomic E-state index is 0.00233. The van der Waals surface area contributed by atoms with E-state index in [1.807, 2.05) is 25.1 Å². The average molecular weight is 283 g/mol. The number of hydrogen-bond donors (Lipinski definition) is 1. The van der Waals surface area contributed by atoms with Crippen LogP contribution in [0.15, 0.2) is 24.4 Å². The molecule has 0 amide bonds. The van der Waals surface area contributed by atoms with Gasteiger partial charge in [-0.25, -0.2) is 8.42 Å². The molecular formula is C13H21N3O2S. The second kappa shape index (κ2) is 5.98. The van der Waals surface area contributed by atoms with Crippen molar-refractivity contribution >= 4 is 10.0 Å². The predicted molar refractivity (Wildman–Crippen MR) is 75.1 cm³/mol. The van der Waals surface area contributed by atoms with Crippen LogP contribution in [0.2, 0.25) is 0 Å². The van der Waals surface area contributed by atoms with Crippen molar-refractivity contribution in [1.82, 2.24) is 9.29 Å². The number of piperidine rings is 1. The van der Waals surface area contributed by atoms with Crippen molar-refractivity contribution in [2.24, 2.45) is 5.73 Å². The van der Waals surface area contributed by atoms with Crippen molar-refractivity contribution in [3.05, 3.63) is 30.1 Å². The Morgan fingerprint density at radius 1 is 1.47 bits per heavy atom. The molecule has 5 nitrogen and oxygen atoms in total. The molecule has 2 N–H and O–H groups in total. The van der Waals surface area contributed by atoms with Gasteiger partial charge >= 0.3 is 0 Å². The average Bonchev–Trinajstić information content (AvgIpc) is 2.37. The van der Waals surface area contributed by atoms with Gasteiger partial charge in [0.15, 0.2) is 0 Å². The monoisotopic (exact) mass is 283 g/mol. The summed E-state index contributed by atoms with van der Waals surface area (Å²) in [4.78, 5) is 4.16. The fraction of sp³-hybridized carbons (Fsp3) is 0.615. The van der Waals surface area contributed by atoms with Crippen LogP contribution < -0.4 is 5.73 Å². The summed E-state index contributed by atoms with van der Waals surface area (Å²) in [6.45, 7) is 2.46. The molecule has 1 saturated heterocycles. The fourth-order valence-electron chi connectivity index (χ4n) is 2.50. The zero-order valence-corrected chi connectivity index (χ0v) is 12.0. The van der Waals surface area contributed by atoms with E-state index in [2.05, 4.69) is 4.98 Å². The maximum atomic E-state index is 12.3. The van der Waals surface area contributed by atoms with Gasteiger partial charge in [0.05, 0.1) is 5.75 Å². The first-order valence-corrected chi connectivity index (χ1v) is 8.25. The number of nitrogens with two attached hydrogens (primary N) is 1. The lowest BCUT2D eigenvalue weighted by atomic mass is 10.0. The first kappa shape index (κ1) is 14.4. The summed E-state index contributed by atoms with van der Waals surface area (Å²) in [5.74, 6) is 0.115. The summed E-state index contributed by atoms with van der Waals surface area (Å²) in [6, 6.07) is 5.67. The van der Waals surface area contributed by atoms with Crippen molar-refractivity contribution in [3.8, 4) is 0 Å². The lowest BCUT2D eigenvalue weighted by molar-refractivity contribution is 0.247. The van der Waals surface area contributed by atoms with Gasteiger partial charge in [0.25, 0.3) is 0 Å². The van der Waals surface area contributed by atoms with Crippen LogP contribution in [0.25, 0.3) is 0 Å². The minimum atomic E-state index is -3.22. The van der Waals surface area contributed by atoms with Crippen LogP contribution in [0.1, 0.15) is 25.5 Å². The van der Waals surface area contributed by atoms with Crippen LogP contribution in [0, 0.1) is 0 Å². The third kappa shape index (κ3) is 3.75. The third-order valence-electron chi connectivity index (χ3n) is 3.56. The Labute approximate surface area is 114 Å². The normalized spacial score (nSPS) is 25.4. The zero-order valence-electron chi connectivity index (χ0n) is 11.2. The lowest BCUT2D eigenvalue weighted by Crippen LogP contribution is -2.49. The molecule has 0 aliphatic carbocycles. The lowest BCUT2D eigenvalue weighted by Gasteiger charge is -2.35. The number of sulfonamides is 1. The molecule has 1 aromatic heterocycles. The number of pyridine rings is 1. The van der Waals surface area contributed by atoms with Gasteiger partial charge in [-0.3, -0.25) is 4.98 Å². The molecule has 1 aromatic rings. The Morgan fingerprint density at radius 2 is 2.26 bits per heavy atom. The van der Waals surface area contributed by atoms with Gasteiger partial charge < -0.3 is 5.73 Å². The molecule has 2 rings (SSSR count). The first-order valence-electron chi connectivity index (χ1n) is 6.64. The van der Waals surface area contributed by atoms with Gasteiger partial charge in [0.1, 0.15) is 0 Å². The molecule has 1 aliphatic rings. The molecule has 2 unspecified atom stereocenters. The van der Waals surface area contributed by atoms with Gasteiger partial charge in [0.2, 0.25) is 10.0 Å². The van der Waals surface area contributed by atoms with Gasteiger partial charge in [-0.05, 0) is 31.9 Å². The Kier molecular flexibility index (Phi) is 4.54. The second-order valence-corrected chi connectivity index (χ2v) is 7.17. The molecule has 0 bridgehead atoms. The summed E-state index contributed by atoms with van der Waals surface area (Å²) >= 11 is 0. The summed E-state index contributed by atoms with van der Waals surface area (Å²) in [5.41, 5.74) is 6.68. The van der Waals surface area contributed by atoms with E-state index in [1.54, 1.807) is 10.5 Å². The molecule has 0 saturated carbocycles. The summed E-state index contributed by atoms with van der Waals surface area (Å²) in [6.07, 6.45) is 3.62. The smallest absolute Gasteiger partial charge is 0.214 e. The molecule has 0 aromatic carbocycles. The number of nitrogens with zero attached hydrogens (tertiary/aromatic N) is 2. The topological polar surface area (TPSA) is 76.3 Å².